The second-order valence-electron chi connectivity index (χ2n) is 6.73. The molecule has 0 N–H and O–H groups in total. The number of methoxy groups -OCH3 is 1. The fraction of sp³-hybridized carbons (Fsp3) is 0.238. The highest BCUT2D eigenvalue weighted by atomic mass is 79.9. The standard InChI is InChI=1S/C21H17BrFN3O2S/c1-28-19-7-2-13(22)8-17(19)16-9-20(27)26-11-25(12-29-21(26)18(16)10-24)15-5-3-14(23)4-6-15/h2-8,16H,9,11-12H2,1H3/t16-/m1/s1. The van der Waals surface area contributed by atoms with Crippen molar-refractivity contribution in [3.63, 3.8) is 0 Å². The third kappa shape index (κ3) is 3.72. The molecule has 2 aliphatic rings. The maximum atomic E-state index is 13.2. The molecule has 0 unspecified atom stereocenters. The Hall–Kier alpha value is -2.50. The van der Waals surface area contributed by atoms with Crippen molar-refractivity contribution in [3.8, 4) is 11.8 Å². The van der Waals surface area contributed by atoms with Gasteiger partial charge in [0.1, 0.15) is 11.6 Å². The number of allylic oxidation sites excluding steroid dienone is 1. The maximum Gasteiger partial charge on any atom is 0.229 e. The number of halogens is 2. The van der Waals surface area contributed by atoms with Crippen LogP contribution in [0.4, 0.5) is 10.1 Å². The van der Waals surface area contributed by atoms with Crippen LogP contribution in [0.15, 0.2) is 57.5 Å². The highest BCUT2D eigenvalue weighted by molar-refractivity contribution is 9.10. The lowest BCUT2D eigenvalue weighted by Crippen LogP contribution is -2.47. The predicted molar refractivity (Wildman–Crippen MR) is 114 cm³/mol. The summed E-state index contributed by atoms with van der Waals surface area (Å²) in [7, 11) is 1.58. The molecule has 29 heavy (non-hydrogen) atoms. The zero-order valence-corrected chi connectivity index (χ0v) is 18.0. The van der Waals surface area contributed by atoms with Gasteiger partial charge in [-0.25, -0.2) is 4.39 Å². The van der Waals surface area contributed by atoms with E-state index in [2.05, 4.69) is 22.0 Å². The molecule has 0 radical (unpaired) electrons. The molecule has 2 aromatic rings. The summed E-state index contributed by atoms with van der Waals surface area (Å²) in [5, 5.41) is 10.6. The molecule has 148 valence electrons. The number of thioether (sulfide) groups is 1. The molecule has 0 aliphatic carbocycles. The summed E-state index contributed by atoms with van der Waals surface area (Å²) >= 11 is 4.92. The van der Waals surface area contributed by atoms with Gasteiger partial charge < -0.3 is 9.64 Å². The summed E-state index contributed by atoms with van der Waals surface area (Å²) in [5.41, 5.74) is 2.23. The zero-order valence-electron chi connectivity index (χ0n) is 15.6. The average molecular weight is 474 g/mol. The molecular weight excluding hydrogens is 457 g/mol. The summed E-state index contributed by atoms with van der Waals surface area (Å²) in [6.45, 7) is 0.334. The van der Waals surface area contributed by atoms with E-state index in [1.54, 1.807) is 24.1 Å². The number of fused-ring (bicyclic) bond motifs is 1. The molecule has 0 bridgehead atoms. The van der Waals surface area contributed by atoms with Crippen LogP contribution in [0.5, 0.6) is 5.75 Å². The smallest absolute Gasteiger partial charge is 0.229 e. The van der Waals surface area contributed by atoms with Crippen LogP contribution in [-0.4, -0.2) is 30.5 Å². The van der Waals surface area contributed by atoms with E-state index < -0.39 is 0 Å². The summed E-state index contributed by atoms with van der Waals surface area (Å²) in [4.78, 5) is 16.7. The summed E-state index contributed by atoms with van der Waals surface area (Å²) in [6.07, 6.45) is 0.191. The fourth-order valence-corrected chi connectivity index (χ4v) is 5.17. The van der Waals surface area contributed by atoms with Crippen molar-refractivity contribution >= 4 is 39.3 Å². The number of hydrogen-bond acceptors (Lipinski definition) is 5. The highest BCUT2D eigenvalue weighted by Crippen LogP contribution is 2.45. The Balaban J connectivity index is 1.70. The summed E-state index contributed by atoms with van der Waals surface area (Å²) < 4.78 is 19.6. The van der Waals surface area contributed by atoms with Crippen LogP contribution in [0.3, 0.4) is 0 Å². The predicted octanol–water partition coefficient (Wildman–Crippen LogP) is 4.82. The minimum Gasteiger partial charge on any atom is -0.496 e. The third-order valence-electron chi connectivity index (χ3n) is 5.05. The molecule has 2 aliphatic heterocycles. The zero-order chi connectivity index (χ0) is 20.5. The third-order valence-corrected chi connectivity index (χ3v) is 6.70. The van der Waals surface area contributed by atoms with Crippen molar-refractivity contribution in [2.75, 3.05) is 24.6 Å². The van der Waals surface area contributed by atoms with Crippen LogP contribution in [0.2, 0.25) is 0 Å². The molecule has 2 aromatic carbocycles. The van der Waals surface area contributed by atoms with Gasteiger partial charge in [-0.1, -0.05) is 27.7 Å². The number of amides is 1. The van der Waals surface area contributed by atoms with Crippen LogP contribution < -0.4 is 9.64 Å². The van der Waals surface area contributed by atoms with Gasteiger partial charge in [0, 0.05) is 28.1 Å². The van der Waals surface area contributed by atoms with Gasteiger partial charge in [0.05, 0.1) is 36.3 Å². The molecule has 0 saturated carbocycles. The Morgan fingerprint density at radius 1 is 1.28 bits per heavy atom. The van der Waals surface area contributed by atoms with Gasteiger partial charge in [0.2, 0.25) is 5.91 Å². The van der Waals surface area contributed by atoms with Crippen LogP contribution in [-0.2, 0) is 4.79 Å². The summed E-state index contributed by atoms with van der Waals surface area (Å²) in [6, 6.07) is 14.1. The molecule has 4 rings (SSSR count). The van der Waals surface area contributed by atoms with Gasteiger partial charge in [-0.05, 0) is 42.5 Å². The number of nitriles is 1. The van der Waals surface area contributed by atoms with E-state index in [1.165, 1.54) is 23.9 Å². The maximum absolute atomic E-state index is 13.2. The monoisotopic (exact) mass is 473 g/mol. The van der Waals surface area contributed by atoms with Crippen LogP contribution in [0.25, 0.3) is 0 Å². The lowest BCUT2D eigenvalue weighted by atomic mass is 9.86. The SMILES string of the molecule is COc1ccc(Br)cc1[C@H]1CC(=O)N2CN(c3ccc(F)cc3)CSC2=C1C#N. The normalized spacial score (nSPS) is 19.1. The lowest BCUT2D eigenvalue weighted by molar-refractivity contribution is -0.129. The summed E-state index contributed by atoms with van der Waals surface area (Å²) in [5.74, 6) is 0.520. The Morgan fingerprint density at radius 3 is 2.72 bits per heavy atom. The first-order valence-electron chi connectivity index (χ1n) is 8.93. The number of anilines is 1. The fourth-order valence-electron chi connectivity index (χ4n) is 3.62. The van der Waals surface area contributed by atoms with E-state index in [1.807, 2.05) is 23.1 Å². The van der Waals surface area contributed by atoms with Gasteiger partial charge in [-0.3, -0.25) is 9.69 Å². The van der Waals surface area contributed by atoms with E-state index >= 15 is 0 Å². The Labute approximate surface area is 180 Å². The lowest BCUT2D eigenvalue weighted by Gasteiger charge is -2.42. The number of rotatable bonds is 3. The Kier molecular flexibility index (Phi) is 5.52. The molecule has 1 fully saturated rings. The molecule has 1 amide bonds. The van der Waals surface area contributed by atoms with E-state index in [-0.39, 0.29) is 24.1 Å². The first-order chi connectivity index (χ1) is 14.0. The highest BCUT2D eigenvalue weighted by Gasteiger charge is 2.39. The number of hydrogen-bond donors (Lipinski definition) is 0. The van der Waals surface area contributed by atoms with Crippen molar-refractivity contribution in [3.05, 3.63) is 68.9 Å². The quantitative estimate of drug-likeness (QED) is 0.639. The van der Waals surface area contributed by atoms with E-state index in [0.717, 1.165) is 15.7 Å². The minimum absolute atomic E-state index is 0.0506. The van der Waals surface area contributed by atoms with Crippen LogP contribution in [0, 0.1) is 17.1 Å². The topological polar surface area (TPSA) is 56.6 Å². The first-order valence-corrected chi connectivity index (χ1v) is 10.7. The van der Waals surface area contributed by atoms with Crippen LogP contribution in [0.1, 0.15) is 17.9 Å². The number of nitrogens with zero attached hydrogens (tertiary/aromatic N) is 3. The molecule has 1 saturated heterocycles. The molecule has 5 nitrogen and oxygen atoms in total. The molecule has 0 aromatic heterocycles. The van der Waals surface area contributed by atoms with Crippen LogP contribution >= 0.6 is 27.7 Å². The number of ether oxygens (including phenoxy) is 1. The van der Waals surface area contributed by atoms with Crippen molar-refractivity contribution in [2.45, 2.75) is 12.3 Å². The Bertz CT molecular complexity index is 1040. The van der Waals surface area contributed by atoms with Crippen molar-refractivity contribution in [1.82, 2.24) is 4.90 Å². The van der Waals surface area contributed by atoms with Gasteiger partial charge in [0.15, 0.2) is 0 Å². The van der Waals surface area contributed by atoms with Gasteiger partial charge in [0.25, 0.3) is 0 Å². The molecule has 2 heterocycles. The second-order valence-corrected chi connectivity index (χ2v) is 8.58. The Morgan fingerprint density at radius 2 is 2.03 bits per heavy atom. The molecule has 8 heteroatoms. The van der Waals surface area contributed by atoms with Crippen molar-refractivity contribution in [2.24, 2.45) is 0 Å². The second kappa shape index (κ2) is 8.09. The van der Waals surface area contributed by atoms with Gasteiger partial charge in [-0.2, -0.15) is 5.26 Å². The van der Waals surface area contributed by atoms with Crippen molar-refractivity contribution < 1.29 is 13.9 Å². The van der Waals surface area contributed by atoms with E-state index in [4.69, 9.17) is 4.74 Å². The van der Waals surface area contributed by atoms with Gasteiger partial charge in [-0.15, -0.1) is 0 Å². The molecule has 0 spiro atoms. The molecule has 1 atom stereocenters. The van der Waals surface area contributed by atoms with Crippen molar-refractivity contribution in [1.29, 1.82) is 5.26 Å². The van der Waals surface area contributed by atoms with E-state index in [9.17, 15) is 14.4 Å². The first kappa shape index (κ1) is 19.8. The van der Waals surface area contributed by atoms with Gasteiger partial charge >= 0.3 is 0 Å². The largest absolute Gasteiger partial charge is 0.496 e. The average Bonchev–Trinajstić information content (AvgIpc) is 2.74. The van der Waals surface area contributed by atoms with E-state index in [0.29, 0.717) is 28.9 Å². The number of carbonyl (C=O) groups excluding carboxylic acids is 1. The number of benzene rings is 2. The number of carbonyl (C=O) groups is 1. The molecular formula is C21H17BrFN3O2S. The minimum atomic E-state index is -0.351.